The molecule has 1 N–H and O–H groups in total. The summed E-state index contributed by atoms with van der Waals surface area (Å²) in [5.41, 5.74) is 1.79. The lowest BCUT2D eigenvalue weighted by atomic mass is 9.98. The predicted octanol–water partition coefficient (Wildman–Crippen LogP) is 2.37. The Balaban J connectivity index is 1.50. The van der Waals surface area contributed by atoms with Crippen molar-refractivity contribution in [1.29, 1.82) is 0 Å². The molecule has 0 saturated carbocycles. The van der Waals surface area contributed by atoms with Crippen LogP contribution in [0.1, 0.15) is 30.1 Å². The molecule has 168 valence electrons. The first-order valence-electron chi connectivity index (χ1n) is 10.2. The van der Waals surface area contributed by atoms with Crippen molar-refractivity contribution < 1.29 is 22.4 Å². The van der Waals surface area contributed by atoms with Crippen LogP contribution in [0.4, 0.5) is 5.69 Å². The fourth-order valence-corrected chi connectivity index (χ4v) is 5.37. The highest BCUT2D eigenvalue weighted by molar-refractivity contribution is 7.89. The molecular formula is C22H23N3O6S. The van der Waals surface area contributed by atoms with Crippen molar-refractivity contribution in [1.82, 2.24) is 8.87 Å². The Morgan fingerprint density at radius 2 is 1.84 bits per heavy atom. The number of benzene rings is 2. The van der Waals surface area contributed by atoms with E-state index in [4.69, 9.17) is 4.42 Å². The summed E-state index contributed by atoms with van der Waals surface area (Å²) in [5.74, 6) is -1.42. The van der Waals surface area contributed by atoms with Crippen LogP contribution in [-0.2, 0) is 21.9 Å². The summed E-state index contributed by atoms with van der Waals surface area (Å²) in [5, 5.41) is 2.80. The summed E-state index contributed by atoms with van der Waals surface area (Å²) >= 11 is 0. The van der Waals surface area contributed by atoms with E-state index in [9.17, 15) is 22.8 Å². The molecule has 2 aromatic carbocycles. The molecule has 0 radical (unpaired) electrons. The minimum absolute atomic E-state index is 0.0141. The Hall–Kier alpha value is -3.24. The van der Waals surface area contributed by atoms with E-state index < -0.39 is 21.7 Å². The van der Waals surface area contributed by atoms with Crippen molar-refractivity contribution in [3.8, 4) is 0 Å². The summed E-state index contributed by atoms with van der Waals surface area (Å²) in [4.78, 5) is 35.9. The van der Waals surface area contributed by atoms with E-state index in [-0.39, 0.29) is 28.7 Å². The first-order valence-corrected chi connectivity index (χ1v) is 11.6. The standard InChI is InChI=1S/C22H23N3O6S/c1-14(26)15-5-7-17(8-6-15)23-21(27)16-4-3-11-25(13-16)32(29,30)18-9-10-19-20(12-18)31-22(28)24(19)2/h5-10,12,16H,3-4,11,13H2,1-2H3,(H,23,27)/t16-/m0/s1. The van der Waals surface area contributed by atoms with Crippen LogP contribution in [0, 0.1) is 5.92 Å². The van der Waals surface area contributed by atoms with Gasteiger partial charge in [0.05, 0.1) is 16.3 Å². The largest absolute Gasteiger partial charge is 0.419 e. The highest BCUT2D eigenvalue weighted by atomic mass is 32.2. The van der Waals surface area contributed by atoms with Gasteiger partial charge >= 0.3 is 5.76 Å². The molecule has 3 aromatic rings. The topological polar surface area (TPSA) is 119 Å². The molecule has 0 aliphatic carbocycles. The highest BCUT2D eigenvalue weighted by Crippen LogP contribution is 2.27. The van der Waals surface area contributed by atoms with E-state index in [0.717, 1.165) is 0 Å². The summed E-state index contributed by atoms with van der Waals surface area (Å²) < 4.78 is 34.1. The van der Waals surface area contributed by atoms with Gasteiger partial charge in [-0.1, -0.05) is 0 Å². The number of nitrogens with one attached hydrogen (secondary N) is 1. The number of sulfonamides is 1. The number of amides is 1. The summed E-state index contributed by atoms with van der Waals surface area (Å²) in [6.07, 6.45) is 1.11. The molecule has 10 heteroatoms. The molecule has 0 bridgehead atoms. The van der Waals surface area contributed by atoms with E-state index in [1.165, 1.54) is 34.0 Å². The molecule has 1 aliphatic rings. The van der Waals surface area contributed by atoms with Gasteiger partial charge in [-0.05, 0) is 56.2 Å². The van der Waals surface area contributed by atoms with E-state index in [2.05, 4.69) is 5.32 Å². The molecule has 4 rings (SSSR count). The zero-order chi connectivity index (χ0) is 23.0. The number of Topliss-reactive ketones (excluding diaryl/α,β-unsaturated/α-hetero) is 1. The molecule has 1 aliphatic heterocycles. The van der Waals surface area contributed by atoms with Crippen LogP contribution in [0.2, 0.25) is 0 Å². The number of nitrogens with zero attached hydrogens (tertiary/aromatic N) is 2. The Kier molecular flexibility index (Phi) is 5.74. The Labute approximate surface area is 184 Å². The minimum Gasteiger partial charge on any atom is -0.408 e. The van der Waals surface area contributed by atoms with Crippen molar-refractivity contribution in [3.05, 3.63) is 58.6 Å². The van der Waals surface area contributed by atoms with Gasteiger partial charge in [0.1, 0.15) is 0 Å². The predicted molar refractivity (Wildman–Crippen MR) is 118 cm³/mol. The molecule has 1 aromatic heterocycles. The second kappa shape index (κ2) is 8.36. The third kappa shape index (κ3) is 4.11. The quantitative estimate of drug-likeness (QED) is 0.588. The summed E-state index contributed by atoms with van der Waals surface area (Å²) in [7, 11) is -2.32. The number of hydrogen-bond donors (Lipinski definition) is 1. The summed E-state index contributed by atoms with van der Waals surface area (Å²) in [6.45, 7) is 1.82. The summed E-state index contributed by atoms with van der Waals surface area (Å²) in [6, 6.07) is 10.9. The molecular weight excluding hydrogens is 434 g/mol. The second-order valence-corrected chi connectivity index (χ2v) is 9.82. The molecule has 32 heavy (non-hydrogen) atoms. The van der Waals surface area contributed by atoms with Gasteiger partial charge in [-0.15, -0.1) is 0 Å². The van der Waals surface area contributed by atoms with Crippen LogP contribution in [-0.4, -0.2) is 42.1 Å². The average molecular weight is 458 g/mol. The third-order valence-corrected chi connectivity index (χ3v) is 7.58. The number of fused-ring (bicyclic) bond motifs is 1. The monoisotopic (exact) mass is 457 g/mol. The van der Waals surface area contributed by atoms with Gasteiger partial charge in [0.25, 0.3) is 0 Å². The molecule has 1 amide bonds. The van der Waals surface area contributed by atoms with E-state index in [0.29, 0.717) is 36.2 Å². The molecule has 1 atom stereocenters. The molecule has 0 spiro atoms. The van der Waals surface area contributed by atoms with Gasteiger partial charge in [-0.2, -0.15) is 4.31 Å². The van der Waals surface area contributed by atoms with Gasteiger partial charge < -0.3 is 9.73 Å². The molecule has 9 nitrogen and oxygen atoms in total. The lowest BCUT2D eigenvalue weighted by molar-refractivity contribution is -0.120. The Morgan fingerprint density at radius 3 is 2.53 bits per heavy atom. The lowest BCUT2D eigenvalue weighted by Gasteiger charge is -2.31. The number of hydrogen-bond acceptors (Lipinski definition) is 6. The number of carbonyl (C=O) groups is 2. The lowest BCUT2D eigenvalue weighted by Crippen LogP contribution is -2.43. The van der Waals surface area contributed by atoms with Gasteiger partial charge in [0, 0.05) is 37.5 Å². The van der Waals surface area contributed by atoms with Crippen LogP contribution in [0.5, 0.6) is 0 Å². The third-order valence-electron chi connectivity index (χ3n) is 5.72. The Morgan fingerprint density at radius 1 is 1.12 bits per heavy atom. The number of aryl methyl sites for hydroxylation is 1. The number of oxazole rings is 1. The zero-order valence-electron chi connectivity index (χ0n) is 17.7. The van der Waals surface area contributed by atoms with Crippen molar-refractivity contribution >= 4 is 38.5 Å². The number of aromatic nitrogens is 1. The minimum atomic E-state index is -3.87. The first kappa shape index (κ1) is 22.0. The average Bonchev–Trinajstić information content (AvgIpc) is 3.07. The van der Waals surface area contributed by atoms with E-state index >= 15 is 0 Å². The zero-order valence-corrected chi connectivity index (χ0v) is 18.5. The highest BCUT2D eigenvalue weighted by Gasteiger charge is 2.33. The van der Waals surface area contributed by atoms with Gasteiger partial charge in [0.2, 0.25) is 15.9 Å². The van der Waals surface area contributed by atoms with Gasteiger partial charge in [0.15, 0.2) is 11.4 Å². The maximum absolute atomic E-state index is 13.2. The van der Waals surface area contributed by atoms with Gasteiger partial charge in [-0.25, -0.2) is 13.2 Å². The maximum Gasteiger partial charge on any atom is 0.419 e. The molecule has 1 saturated heterocycles. The van der Waals surface area contributed by atoms with E-state index in [1.54, 1.807) is 31.3 Å². The van der Waals surface area contributed by atoms with Crippen LogP contribution in [0.15, 0.2) is 56.6 Å². The van der Waals surface area contributed by atoms with Crippen LogP contribution in [0.3, 0.4) is 0 Å². The van der Waals surface area contributed by atoms with Gasteiger partial charge in [-0.3, -0.25) is 14.2 Å². The molecule has 2 heterocycles. The maximum atomic E-state index is 13.2. The van der Waals surface area contributed by atoms with Crippen LogP contribution in [0.25, 0.3) is 11.1 Å². The smallest absolute Gasteiger partial charge is 0.408 e. The number of carbonyl (C=O) groups excluding carboxylic acids is 2. The molecule has 1 fully saturated rings. The fraction of sp³-hybridized carbons (Fsp3) is 0.318. The van der Waals surface area contributed by atoms with Crippen molar-refractivity contribution in [3.63, 3.8) is 0 Å². The number of ketones is 1. The number of anilines is 1. The second-order valence-electron chi connectivity index (χ2n) is 7.88. The van der Waals surface area contributed by atoms with Crippen molar-refractivity contribution in [2.45, 2.75) is 24.7 Å². The first-order chi connectivity index (χ1) is 15.2. The van der Waals surface area contributed by atoms with Crippen molar-refractivity contribution in [2.24, 2.45) is 13.0 Å². The SMILES string of the molecule is CC(=O)c1ccc(NC(=O)[C@H]2CCCN(S(=O)(=O)c3ccc4c(c3)oc(=O)n4C)C2)cc1. The normalized spacial score (nSPS) is 17.4. The fourth-order valence-electron chi connectivity index (χ4n) is 3.83. The van der Waals surface area contributed by atoms with Crippen LogP contribution < -0.4 is 11.1 Å². The molecule has 0 unspecified atom stereocenters. The number of rotatable bonds is 5. The van der Waals surface area contributed by atoms with Crippen molar-refractivity contribution in [2.75, 3.05) is 18.4 Å². The van der Waals surface area contributed by atoms with Crippen LogP contribution >= 0.6 is 0 Å². The van der Waals surface area contributed by atoms with E-state index in [1.807, 2.05) is 0 Å². The Bertz CT molecular complexity index is 1350. The number of piperidine rings is 1.